The average molecular weight is 351 g/mol. The number of carbonyl (C=O) groups excluding carboxylic acids is 2. The van der Waals surface area contributed by atoms with Crippen LogP contribution in [-0.4, -0.2) is 40.7 Å². The van der Waals surface area contributed by atoms with Gasteiger partial charge in [-0.1, -0.05) is 12.1 Å². The molecule has 3 heterocycles. The van der Waals surface area contributed by atoms with Gasteiger partial charge in [0.25, 0.3) is 0 Å². The lowest BCUT2D eigenvalue weighted by atomic mass is 10.1. The Morgan fingerprint density at radius 3 is 2.92 bits per heavy atom. The highest BCUT2D eigenvalue weighted by Gasteiger charge is 2.36. The molecule has 1 saturated heterocycles. The van der Waals surface area contributed by atoms with Crippen LogP contribution in [0.25, 0.3) is 10.9 Å². The second-order valence-corrected chi connectivity index (χ2v) is 6.08. The summed E-state index contributed by atoms with van der Waals surface area (Å²) in [6, 6.07) is 11.0. The molecule has 8 heteroatoms. The van der Waals surface area contributed by atoms with Crippen molar-refractivity contribution in [3.8, 4) is 5.88 Å². The van der Waals surface area contributed by atoms with Crippen molar-refractivity contribution in [1.29, 1.82) is 0 Å². The van der Waals surface area contributed by atoms with Gasteiger partial charge >= 0.3 is 0 Å². The van der Waals surface area contributed by atoms with Gasteiger partial charge in [0.2, 0.25) is 17.7 Å². The fourth-order valence-electron chi connectivity index (χ4n) is 3.06. The Morgan fingerprint density at radius 2 is 2.15 bits per heavy atom. The second-order valence-electron chi connectivity index (χ2n) is 6.08. The summed E-state index contributed by atoms with van der Waals surface area (Å²) in [4.78, 5) is 30.6. The predicted molar refractivity (Wildman–Crippen MR) is 96.0 cm³/mol. The molecule has 26 heavy (non-hydrogen) atoms. The molecule has 0 unspecified atom stereocenters. The van der Waals surface area contributed by atoms with E-state index >= 15 is 0 Å². The second kappa shape index (κ2) is 6.47. The van der Waals surface area contributed by atoms with Crippen LogP contribution in [0, 0.1) is 5.92 Å². The SMILES string of the molecule is COc1ccc(NC(=O)[C@@H]2CC(=O)N(c3n[nH]c4ccccc34)C2)cn1. The van der Waals surface area contributed by atoms with E-state index in [-0.39, 0.29) is 18.2 Å². The molecule has 0 saturated carbocycles. The van der Waals surface area contributed by atoms with Crippen LogP contribution in [-0.2, 0) is 9.59 Å². The standard InChI is InChI=1S/C18H17N5O3/c1-26-15-7-6-12(9-19-15)20-18(25)11-8-16(24)23(10-11)17-13-4-2-3-5-14(13)21-22-17/h2-7,9,11H,8,10H2,1H3,(H,20,25)(H,21,22)/t11-/m1/s1. The van der Waals surface area contributed by atoms with E-state index in [1.165, 1.54) is 13.3 Å². The molecule has 2 N–H and O–H groups in total. The fraction of sp³-hybridized carbons (Fsp3) is 0.222. The van der Waals surface area contributed by atoms with E-state index in [0.29, 0.717) is 23.9 Å². The van der Waals surface area contributed by atoms with Crippen LogP contribution in [0.1, 0.15) is 6.42 Å². The summed E-state index contributed by atoms with van der Waals surface area (Å²) in [6.45, 7) is 0.295. The van der Waals surface area contributed by atoms with Crippen molar-refractivity contribution in [2.75, 3.05) is 23.9 Å². The molecular weight excluding hydrogens is 334 g/mol. The number of carbonyl (C=O) groups is 2. The third kappa shape index (κ3) is 2.85. The Balaban J connectivity index is 1.49. The molecule has 132 valence electrons. The maximum absolute atomic E-state index is 12.5. The molecule has 2 amide bonds. The quantitative estimate of drug-likeness (QED) is 0.748. The molecule has 0 radical (unpaired) electrons. The number of amides is 2. The number of para-hydroxylation sites is 1. The largest absolute Gasteiger partial charge is 0.481 e. The predicted octanol–water partition coefficient (Wildman–Crippen LogP) is 1.96. The van der Waals surface area contributed by atoms with Crippen molar-refractivity contribution in [2.24, 2.45) is 5.92 Å². The van der Waals surface area contributed by atoms with Crippen molar-refractivity contribution in [1.82, 2.24) is 15.2 Å². The number of pyridine rings is 1. The van der Waals surface area contributed by atoms with Gasteiger partial charge in [0, 0.05) is 24.4 Å². The molecule has 0 aliphatic carbocycles. The summed E-state index contributed by atoms with van der Waals surface area (Å²) < 4.78 is 4.99. The zero-order chi connectivity index (χ0) is 18.1. The Kier molecular flexibility index (Phi) is 4.00. The highest BCUT2D eigenvalue weighted by Crippen LogP contribution is 2.30. The van der Waals surface area contributed by atoms with Gasteiger partial charge in [0.15, 0.2) is 5.82 Å². The third-order valence-corrected chi connectivity index (χ3v) is 4.41. The van der Waals surface area contributed by atoms with Crippen LogP contribution in [0.15, 0.2) is 42.6 Å². The van der Waals surface area contributed by atoms with Crippen molar-refractivity contribution < 1.29 is 14.3 Å². The Labute approximate surface area is 149 Å². The maximum atomic E-state index is 12.5. The van der Waals surface area contributed by atoms with Crippen LogP contribution in [0.4, 0.5) is 11.5 Å². The van der Waals surface area contributed by atoms with Gasteiger partial charge in [-0.2, -0.15) is 5.10 Å². The monoisotopic (exact) mass is 351 g/mol. The molecule has 0 bridgehead atoms. The van der Waals surface area contributed by atoms with E-state index in [9.17, 15) is 9.59 Å². The van der Waals surface area contributed by atoms with Crippen LogP contribution < -0.4 is 15.0 Å². The van der Waals surface area contributed by atoms with Crippen molar-refractivity contribution in [3.05, 3.63) is 42.6 Å². The van der Waals surface area contributed by atoms with E-state index in [4.69, 9.17) is 4.74 Å². The molecule has 1 aliphatic rings. The number of ether oxygens (including phenoxy) is 1. The number of aromatic nitrogens is 3. The molecule has 8 nitrogen and oxygen atoms in total. The molecule has 1 aliphatic heterocycles. The minimum absolute atomic E-state index is 0.116. The van der Waals surface area contributed by atoms with Gasteiger partial charge < -0.3 is 10.1 Å². The van der Waals surface area contributed by atoms with Crippen LogP contribution >= 0.6 is 0 Å². The number of anilines is 2. The van der Waals surface area contributed by atoms with Crippen LogP contribution in [0.3, 0.4) is 0 Å². The Bertz CT molecular complexity index is 966. The van der Waals surface area contributed by atoms with Gasteiger partial charge in [-0.25, -0.2) is 4.98 Å². The minimum Gasteiger partial charge on any atom is -0.481 e. The lowest BCUT2D eigenvalue weighted by Crippen LogP contribution is -2.28. The van der Waals surface area contributed by atoms with E-state index in [1.54, 1.807) is 17.0 Å². The number of hydrogen-bond donors (Lipinski definition) is 2. The number of benzene rings is 1. The topological polar surface area (TPSA) is 100 Å². The molecule has 3 aromatic rings. The number of hydrogen-bond acceptors (Lipinski definition) is 5. The fourth-order valence-corrected chi connectivity index (χ4v) is 3.06. The number of fused-ring (bicyclic) bond motifs is 1. The van der Waals surface area contributed by atoms with E-state index in [1.807, 2.05) is 24.3 Å². The number of H-pyrrole nitrogens is 1. The van der Waals surface area contributed by atoms with Gasteiger partial charge in [0.05, 0.1) is 30.4 Å². The first-order valence-corrected chi connectivity index (χ1v) is 8.20. The lowest BCUT2D eigenvalue weighted by molar-refractivity contribution is -0.122. The molecule has 4 rings (SSSR count). The Morgan fingerprint density at radius 1 is 1.31 bits per heavy atom. The van der Waals surface area contributed by atoms with Crippen LogP contribution in [0.2, 0.25) is 0 Å². The minimum atomic E-state index is -0.444. The summed E-state index contributed by atoms with van der Waals surface area (Å²) in [5.74, 6) is 0.255. The zero-order valence-corrected chi connectivity index (χ0v) is 14.1. The highest BCUT2D eigenvalue weighted by atomic mass is 16.5. The summed E-state index contributed by atoms with van der Waals surface area (Å²) in [7, 11) is 1.53. The first-order chi connectivity index (χ1) is 12.7. The van der Waals surface area contributed by atoms with E-state index in [0.717, 1.165) is 10.9 Å². The molecule has 1 aromatic carbocycles. The summed E-state index contributed by atoms with van der Waals surface area (Å²) in [5.41, 5.74) is 1.42. The van der Waals surface area contributed by atoms with E-state index < -0.39 is 5.92 Å². The summed E-state index contributed by atoms with van der Waals surface area (Å²) in [5, 5.41) is 10.8. The molecular formula is C18H17N5O3. The lowest BCUT2D eigenvalue weighted by Gasteiger charge is -2.14. The first-order valence-electron chi connectivity index (χ1n) is 8.20. The van der Waals surface area contributed by atoms with Gasteiger partial charge in [-0.3, -0.25) is 19.6 Å². The Hall–Kier alpha value is -3.42. The maximum Gasteiger partial charge on any atom is 0.229 e. The third-order valence-electron chi connectivity index (χ3n) is 4.41. The van der Waals surface area contributed by atoms with Gasteiger partial charge in [-0.15, -0.1) is 0 Å². The smallest absolute Gasteiger partial charge is 0.229 e. The van der Waals surface area contributed by atoms with Gasteiger partial charge in [0.1, 0.15) is 0 Å². The number of aromatic amines is 1. The number of methoxy groups -OCH3 is 1. The van der Waals surface area contributed by atoms with Crippen molar-refractivity contribution >= 4 is 34.2 Å². The number of nitrogens with one attached hydrogen (secondary N) is 2. The van der Waals surface area contributed by atoms with Gasteiger partial charge in [-0.05, 0) is 18.2 Å². The molecule has 0 spiro atoms. The average Bonchev–Trinajstić information content (AvgIpc) is 3.25. The summed E-state index contributed by atoms with van der Waals surface area (Å²) >= 11 is 0. The normalized spacial score (nSPS) is 16.9. The number of rotatable bonds is 4. The first kappa shape index (κ1) is 16.1. The molecule has 1 atom stereocenters. The highest BCUT2D eigenvalue weighted by molar-refractivity contribution is 6.06. The van der Waals surface area contributed by atoms with Crippen molar-refractivity contribution in [2.45, 2.75) is 6.42 Å². The summed E-state index contributed by atoms with van der Waals surface area (Å²) in [6.07, 6.45) is 1.67. The van der Waals surface area contributed by atoms with Crippen LogP contribution in [0.5, 0.6) is 5.88 Å². The molecule has 2 aromatic heterocycles. The molecule has 1 fully saturated rings. The van der Waals surface area contributed by atoms with Crippen molar-refractivity contribution in [3.63, 3.8) is 0 Å². The zero-order valence-electron chi connectivity index (χ0n) is 14.1. The van der Waals surface area contributed by atoms with E-state index in [2.05, 4.69) is 20.5 Å². The number of nitrogens with zero attached hydrogens (tertiary/aromatic N) is 3.